The first-order valence-corrected chi connectivity index (χ1v) is 9.82. The van der Waals surface area contributed by atoms with Crippen molar-refractivity contribution in [2.45, 2.75) is 70.6 Å². The standard InChI is InChI=1S/C20H30/c1-2-14-9-15-10-20(11-19(15)18(14)3-1)16-5-12-4-13(7-16)8-17(20)6-12/h12-19H,1-11H2. The number of fused-ring (bicyclic) bond motifs is 3. The Bertz CT molecular complexity index is 407. The fourth-order valence-electron chi connectivity index (χ4n) is 9.19. The van der Waals surface area contributed by atoms with E-state index < -0.39 is 0 Å². The van der Waals surface area contributed by atoms with Gasteiger partial charge in [0, 0.05) is 0 Å². The second-order valence-corrected chi connectivity index (χ2v) is 9.96. The van der Waals surface area contributed by atoms with Crippen LogP contribution in [-0.2, 0) is 0 Å². The van der Waals surface area contributed by atoms with Gasteiger partial charge in [0.15, 0.2) is 0 Å². The highest BCUT2D eigenvalue weighted by molar-refractivity contribution is 5.13. The van der Waals surface area contributed by atoms with Gasteiger partial charge in [-0.3, -0.25) is 0 Å². The molecule has 0 aromatic heterocycles. The maximum atomic E-state index is 1.70. The molecule has 0 amide bonds. The lowest BCUT2D eigenvalue weighted by Gasteiger charge is -2.61. The van der Waals surface area contributed by atoms with Crippen molar-refractivity contribution in [2.24, 2.45) is 52.8 Å². The van der Waals surface area contributed by atoms with Crippen LogP contribution in [0.25, 0.3) is 0 Å². The second-order valence-electron chi connectivity index (χ2n) is 9.96. The minimum Gasteiger partial charge on any atom is -0.0527 e. The molecule has 4 atom stereocenters. The molecule has 0 saturated heterocycles. The van der Waals surface area contributed by atoms with Crippen LogP contribution < -0.4 is 0 Å². The molecule has 7 aliphatic carbocycles. The molecule has 110 valence electrons. The third-order valence-corrected chi connectivity index (χ3v) is 9.50. The third-order valence-electron chi connectivity index (χ3n) is 9.50. The highest BCUT2D eigenvalue weighted by Crippen LogP contribution is 2.72. The van der Waals surface area contributed by atoms with Crippen LogP contribution in [0.1, 0.15) is 70.6 Å². The Morgan fingerprint density at radius 3 is 2.10 bits per heavy atom. The zero-order valence-electron chi connectivity index (χ0n) is 12.9. The van der Waals surface area contributed by atoms with Crippen molar-refractivity contribution < 1.29 is 0 Å². The summed E-state index contributed by atoms with van der Waals surface area (Å²) in [5.74, 6) is 9.46. The molecule has 4 unspecified atom stereocenters. The summed E-state index contributed by atoms with van der Waals surface area (Å²) in [6.07, 6.45) is 18.1. The van der Waals surface area contributed by atoms with E-state index in [1.807, 2.05) is 0 Å². The molecule has 0 heterocycles. The smallest absolute Gasteiger partial charge is 0.0235 e. The van der Waals surface area contributed by atoms with Gasteiger partial charge in [0.2, 0.25) is 0 Å². The highest BCUT2D eigenvalue weighted by Gasteiger charge is 2.63. The van der Waals surface area contributed by atoms with Crippen LogP contribution in [0.4, 0.5) is 0 Å². The minimum absolute atomic E-state index is 0.885. The average Bonchev–Trinajstić information content (AvgIpc) is 3.05. The van der Waals surface area contributed by atoms with Crippen LogP contribution in [-0.4, -0.2) is 0 Å². The number of hydrogen-bond acceptors (Lipinski definition) is 0. The molecule has 0 radical (unpaired) electrons. The normalized spacial score (nSPS) is 66.0. The van der Waals surface area contributed by atoms with Gasteiger partial charge in [-0.1, -0.05) is 12.8 Å². The number of rotatable bonds is 0. The minimum atomic E-state index is 0.885. The molecule has 0 aromatic rings. The third kappa shape index (κ3) is 1.27. The van der Waals surface area contributed by atoms with E-state index in [-0.39, 0.29) is 0 Å². The van der Waals surface area contributed by atoms with Crippen molar-refractivity contribution in [3.05, 3.63) is 0 Å². The van der Waals surface area contributed by atoms with Gasteiger partial charge in [-0.25, -0.2) is 0 Å². The summed E-state index contributed by atoms with van der Waals surface area (Å²) in [5.41, 5.74) is 0.885. The van der Waals surface area contributed by atoms with Crippen molar-refractivity contribution >= 4 is 0 Å². The largest absolute Gasteiger partial charge is 0.0527 e. The van der Waals surface area contributed by atoms with Crippen LogP contribution in [0, 0.1) is 52.8 Å². The summed E-state index contributed by atoms with van der Waals surface area (Å²) in [7, 11) is 0. The zero-order valence-corrected chi connectivity index (χ0v) is 12.9. The topological polar surface area (TPSA) is 0 Å². The van der Waals surface area contributed by atoms with E-state index in [4.69, 9.17) is 0 Å². The summed E-state index contributed by atoms with van der Waals surface area (Å²) in [6, 6.07) is 0. The molecule has 7 rings (SSSR count). The molecular formula is C20H30. The number of hydrogen-bond donors (Lipinski definition) is 0. The second kappa shape index (κ2) is 3.66. The molecule has 0 heteroatoms. The van der Waals surface area contributed by atoms with Gasteiger partial charge in [-0.15, -0.1) is 0 Å². The predicted octanol–water partition coefficient (Wildman–Crippen LogP) is 5.28. The van der Waals surface area contributed by atoms with Crippen LogP contribution in [0.15, 0.2) is 0 Å². The van der Waals surface area contributed by atoms with Crippen LogP contribution in [0.3, 0.4) is 0 Å². The molecule has 0 nitrogen and oxygen atoms in total. The lowest BCUT2D eigenvalue weighted by molar-refractivity contribution is -0.110. The van der Waals surface area contributed by atoms with E-state index in [1.165, 1.54) is 47.3 Å². The first kappa shape index (κ1) is 11.6. The van der Waals surface area contributed by atoms with Gasteiger partial charge in [-0.2, -0.15) is 0 Å². The van der Waals surface area contributed by atoms with Gasteiger partial charge < -0.3 is 0 Å². The quantitative estimate of drug-likeness (QED) is 0.562. The molecule has 0 aliphatic heterocycles. The summed E-state index contributed by atoms with van der Waals surface area (Å²) in [4.78, 5) is 0. The predicted molar refractivity (Wildman–Crippen MR) is 81.1 cm³/mol. The zero-order chi connectivity index (χ0) is 12.9. The van der Waals surface area contributed by atoms with Crippen molar-refractivity contribution in [1.82, 2.24) is 0 Å². The van der Waals surface area contributed by atoms with E-state index in [1.54, 1.807) is 70.6 Å². The van der Waals surface area contributed by atoms with E-state index in [2.05, 4.69) is 0 Å². The summed E-state index contributed by atoms with van der Waals surface area (Å²) >= 11 is 0. The molecule has 7 saturated carbocycles. The van der Waals surface area contributed by atoms with E-state index >= 15 is 0 Å². The molecule has 20 heavy (non-hydrogen) atoms. The SMILES string of the molecule is C1CC2CC3CC4(CC3C2C1)C1CC2CC(C1)CC4C2. The average molecular weight is 270 g/mol. The Morgan fingerprint density at radius 2 is 1.35 bits per heavy atom. The Balaban J connectivity index is 1.34. The molecule has 7 aliphatic rings. The van der Waals surface area contributed by atoms with E-state index in [0.29, 0.717) is 0 Å². The van der Waals surface area contributed by atoms with Crippen molar-refractivity contribution in [3.63, 3.8) is 0 Å². The summed E-state index contributed by atoms with van der Waals surface area (Å²) in [5, 5.41) is 0. The molecule has 1 spiro atoms. The Morgan fingerprint density at radius 1 is 0.600 bits per heavy atom. The van der Waals surface area contributed by atoms with Gasteiger partial charge in [-0.05, 0) is 111 Å². The maximum Gasteiger partial charge on any atom is -0.0235 e. The fourth-order valence-corrected chi connectivity index (χ4v) is 9.19. The maximum absolute atomic E-state index is 1.70. The Hall–Kier alpha value is 0. The van der Waals surface area contributed by atoms with Crippen molar-refractivity contribution in [2.75, 3.05) is 0 Å². The van der Waals surface area contributed by atoms with Gasteiger partial charge >= 0.3 is 0 Å². The van der Waals surface area contributed by atoms with Crippen molar-refractivity contribution in [3.8, 4) is 0 Å². The summed E-state index contributed by atoms with van der Waals surface area (Å²) in [6.45, 7) is 0. The lowest BCUT2D eigenvalue weighted by Crippen LogP contribution is -2.52. The van der Waals surface area contributed by atoms with E-state index in [9.17, 15) is 0 Å². The monoisotopic (exact) mass is 270 g/mol. The first-order valence-electron chi connectivity index (χ1n) is 9.82. The first-order chi connectivity index (χ1) is 9.82. The highest BCUT2D eigenvalue weighted by atomic mass is 14.7. The van der Waals surface area contributed by atoms with Crippen molar-refractivity contribution in [1.29, 1.82) is 0 Å². The molecule has 7 fully saturated rings. The van der Waals surface area contributed by atoms with E-state index in [0.717, 1.165) is 5.41 Å². The molecule has 0 aromatic carbocycles. The lowest BCUT2D eigenvalue weighted by atomic mass is 9.44. The van der Waals surface area contributed by atoms with Gasteiger partial charge in [0.05, 0.1) is 0 Å². The van der Waals surface area contributed by atoms with Crippen LogP contribution in [0.2, 0.25) is 0 Å². The molecular weight excluding hydrogens is 240 g/mol. The van der Waals surface area contributed by atoms with Crippen LogP contribution >= 0.6 is 0 Å². The van der Waals surface area contributed by atoms with Crippen LogP contribution in [0.5, 0.6) is 0 Å². The molecule has 0 N–H and O–H groups in total. The Kier molecular flexibility index (Phi) is 2.12. The fraction of sp³-hybridized carbons (Fsp3) is 1.00. The Labute approximate surface area is 124 Å². The molecule has 4 bridgehead atoms. The van der Waals surface area contributed by atoms with Gasteiger partial charge in [0.1, 0.15) is 0 Å². The van der Waals surface area contributed by atoms with Gasteiger partial charge in [0.25, 0.3) is 0 Å². The summed E-state index contributed by atoms with van der Waals surface area (Å²) < 4.78 is 0.